The van der Waals surface area contributed by atoms with Gasteiger partial charge in [0.25, 0.3) is 5.91 Å². The Bertz CT molecular complexity index is 722. The van der Waals surface area contributed by atoms with Gasteiger partial charge in [0.1, 0.15) is 29.2 Å². The van der Waals surface area contributed by atoms with Crippen LogP contribution in [-0.2, 0) is 0 Å². The molecule has 1 amide bonds. The summed E-state index contributed by atoms with van der Waals surface area (Å²) in [5.74, 6) is 2.13. The summed E-state index contributed by atoms with van der Waals surface area (Å²) in [4.78, 5) is 26.6. The van der Waals surface area contributed by atoms with Gasteiger partial charge in [-0.05, 0) is 31.9 Å². The fourth-order valence-electron chi connectivity index (χ4n) is 2.79. The Labute approximate surface area is 141 Å². The van der Waals surface area contributed by atoms with Gasteiger partial charge in [-0.25, -0.2) is 9.97 Å². The van der Waals surface area contributed by atoms with E-state index >= 15 is 0 Å². The molecule has 7 nitrogen and oxygen atoms in total. The van der Waals surface area contributed by atoms with Gasteiger partial charge in [-0.15, -0.1) is 0 Å². The average molecular weight is 327 g/mol. The number of aromatic nitrogens is 3. The lowest BCUT2D eigenvalue weighted by Crippen LogP contribution is -2.41. The zero-order valence-electron chi connectivity index (χ0n) is 13.9. The van der Waals surface area contributed by atoms with Crippen LogP contribution >= 0.6 is 0 Å². The van der Waals surface area contributed by atoms with E-state index < -0.39 is 0 Å². The number of piperidine rings is 1. The van der Waals surface area contributed by atoms with Crippen molar-refractivity contribution in [2.45, 2.75) is 25.9 Å². The summed E-state index contributed by atoms with van der Waals surface area (Å²) in [6, 6.07) is 5.37. The zero-order valence-corrected chi connectivity index (χ0v) is 13.9. The molecular formula is C17H21N5O2. The summed E-state index contributed by atoms with van der Waals surface area (Å²) in [5.41, 5.74) is 0.356. The van der Waals surface area contributed by atoms with Gasteiger partial charge in [0.15, 0.2) is 0 Å². The molecule has 3 rings (SSSR count). The van der Waals surface area contributed by atoms with Gasteiger partial charge in [-0.2, -0.15) is 0 Å². The minimum atomic E-state index is -0.220. The highest BCUT2D eigenvalue weighted by Gasteiger charge is 2.22. The van der Waals surface area contributed by atoms with E-state index in [0.717, 1.165) is 37.6 Å². The molecule has 126 valence electrons. The predicted molar refractivity (Wildman–Crippen MR) is 90.3 cm³/mol. The minimum Gasteiger partial charge on any atom is -0.488 e. The third-order valence-electron chi connectivity index (χ3n) is 3.96. The Morgan fingerprint density at radius 2 is 2.17 bits per heavy atom. The number of carbonyl (C=O) groups excluding carboxylic acids is 1. The molecule has 24 heavy (non-hydrogen) atoms. The van der Waals surface area contributed by atoms with Crippen molar-refractivity contribution in [3.8, 4) is 5.75 Å². The fraction of sp³-hybridized carbons (Fsp3) is 0.412. The van der Waals surface area contributed by atoms with Gasteiger partial charge < -0.3 is 15.0 Å². The van der Waals surface area contributed by atoms with Crippen LogP contribution in [0.3, 0.4) is 0 Å². The first kappa shape index (κ1) is 16.2. The standard InChI is InChI=1S/C17H21N5O2/c1-12-19-8-6-16(21-12)22-9-3-4-14(11-22)24-13-5-7-20-15(10-13)17(23)18-2/h5-8,10,14H,3-4,9,11H2,1-2H3,(H,18,23)/t14-/m0/s1. The van der Waals surface area contributed by atoms with Crippen LogP contribution in [0, 0.1) is 6.92 Å². The van der Waals surface area contributed by atoms with Crippen molar-refractivity contribution >= 4 is 11.7 Å². The number of rotatable bonds is 4. The molecule has 1 saturated heterocycles. The Morgan fingerprint density at radius 3 is 2.96 bits per heavy atom. The molecule has 3 heterocycles. The normalized spacial score (nSPS) is 17.4. The fourth-order valence-corrected chi connectivity index (χ4v) is 2.79. The molecule has 1 atom stereocenters. The van der Waals surface area contributed by atoms with Crippen molar-refractivity contribution in [3.63, 3.8) is 0 Å². The number of aryl methyl sites for hydroxylation is 1. The van der Waals surface area contributed by atoms with E-state index in [-0.39, 0.29) is 12.0 Å². The molecule has 1 N–H and O–H groups in total. The second-order valence-corrected chi connectivity index (χ2v) is 5.75. The van der Waals surface area contributed by atoms with E-state index in [1.165, 1.54) is 0 Å². The first-order valence-corrected chi connectivity index (χ1v) is 8.05. The van der Waals surface area contributed by atoms with Crippen molar-refractivity contribution in [3.05, 3.63) is 42.1 Å². The minimum absolute atomic E-state index is 0.0500. The number of anilines is 1. The van der Waals surface area contributed by atoms with Crippen molar-refractivity contribution in [2.75, 3.05) is 25.0 Å². The summed E-state index contributed by atoms with van der Waals surface area (Å²) in [6.07, 6.45) is 5.42. The molecule has 0 bridgehead atoms. The van der Waals surface area contributed by atoms with Crippen LogP contribution in [0.1, 0.15) is 29.2 Å². The summed E-state index contributed by atoms with van der Waals surface area (Å²) in [6.45, 7) is 3.60. The van der Waals surface area contributed by atoms with Gasteiger partial charge in [0.2, 0.25) is 0 Å². The molecule has 1 aliphatic rings. The molecule has 7 heteroatoms. The summed E-state index contributed by atoms with van der Waals surface area (Å²) in [7, 11) is 1.58. The number of nitrogens with one attached hydrogen (secondary N) is 1. The molecule has 0 aliphatic carbocycles. The first-order valence-electron chi connectivity index (χ1n) is 8.05. The lowest BCUT2D eigenvalue weighted by molar-refractivity contribution is 0.0957. The number of ether oxygens (including phenoxy) is 1. The van der Waals surface area contributed by atoms with Crippen LogP contribution in [0.2, 0.25) is 0 Å². The van der Waals surface area contributed by atoms with E-state index in [9.17, 15) is 4.79 Å². The smallest absolute Gasteiger partial charge is 0.269 e. The van der Waals surface area contributed by atoms with Crippen molar-refractivity contribution < 1.29 is 9.53 Å². The van der Waals surface area contributed by atoms with Crippen molar-refractivity contribution in [1.29, 1.82) is 0 Å². The predicted octanol–water partition coefficient (Wildman–Crippen LogP) is 1.59. The lowest BCUT2D eigenvalue weighted by Gasteiger charge is -2.33. The highest BCUT2D eigenvalue weighted by molar-refractivity contribution is 5.92. The number of carbonyl (C=O) groups is 1. The van der Waals surface area contributed by atoms with Gasteiger partial charge >= 0.3 is 0 Å². The Kier molecular flexibility index (Phi) is 4.88. The highest BCUT2D eigenvalue weighted by atomic mass is 16.5. The van der Waals surface area contributed by atoms with Crippen LogP contribution in [0.4, 0.5) is 5.82 Å². The summed E-state index contributed by atoms with van der Waals surface area (Å²) < 4.78 is 6.07. The molecular weight excluding hydrogens is 306 g/mol. The zero-order chi connectivity index (χ0) is 16.9. The maximum Gasteiger partial charge on any atom is 0.269 e. The van der Waals surface area contributed by atoms with Gasteiger partial charge in [0, 0.05) is 32.1 Å². The quantitative estimate of drug-likeness (QED) is 0.918. The highest BCUT2D eigenvalue weighted by Crippen LogP contribution is 2.22. The molecule has 0 radical (unpaired) electrons. The van der Waals surface area contributed by atoms with E-state index in [4.69, 9.17) is 4.74 Å². The summed E-state index contributed by atoms with van der Waals surface area (Å²) >= 11 is 0. The van der Waals surface area contributed by atoms with Gasteiger partial charge in [-0.1, -0.05) is 0 Å². The Hall–Kier alpha value is -2.70. The second-order valence-electron chi connectivity index (χ2n) is 5.75. The molecule has 2 aromatic rings. The van der Waals surface area contributed by atoms with Crippen LogP contribution < -0.4 is 15.0 Å². The number of hydrogen-bond acceptors (Lipinski definition) is 6. The SMILES string of the molecule is CNC(=O)c1cc(O[C@H]2CCCN(c3ccnc(C)n3)C2)ccn1. The van der Waals surface area contributed by atoms with Crippen LogP contribution in [0.15, 0.2) is 30.6 Å². The molecule has 1 aliphatic heterocycles. The molecule has 0 saturated carbocycles. The van der Waals surface area contributed by atoms with Gasteiger partial charge in [-0.3, -0.25) is 9.78 Å². The van der Waals surface area contributed by atoms with Crippen LogP contribution in [-0.4, -0.2) is 47.1 Å². The van der Waals surface area contributed by atoms with Crippen LogP contribution in [0.25, 0.3) is 0 Å². The third kappa shape index (κ3) is 3.79. The monoisotopic (exact) mass is 327 g/mol. The van der Waals surface area contributed by atoms with Crippen molar-refractivity contribution in [1.82, 2.24) is 20.3 Å². The third-order valence-corrected chi connectivity index (χ3v) is 3.96. The summed E-state index contributed by atoms with van der Waals surface area (Å²) in [5, 5.41) is 2.57. The maximum atomic E-state index is 11.7. The second kappa shape index (κ2) is 7.25. The first-order chi connectivity index (χ1) is 11.7. The number of amides is 1. The van der Waals surface area contributed by atoms with E-state index in [0.29, 0.717) is 11.4 Å². The van der Waals surface area contributed by atoms with Gasteiger partial charge in [0.05, 0.1) is 6.54 Å². The number of pyridine rings is 1. The van der Waals surface area contributed by atoms with E-state index in [1.54, 1.807) is 31.6 Å². The van der Waals surface area contributed by atoms with E-state index in [2.05, 4.69) is 25.2 Å². The molecule has 0 aromatic carbocycles. The topological polar surface area (TPSA) is 80.2 Å². The molecule has 0 spiro atoms. The van der Waals surface area contributed by atoms with Crippen molar-refractivity contribution in [2.24, 2.45) is 0 Å². The molecule has 0 unspecified atom stereocenters. The maximum absolute atomic E-state index is 11.7. The molecule has 2 aromatic heterocycles. The average Bonchev–Trinajstić information content (AvgIpc) is 2.61. The lowest BCUT2D eigenvalue weighted by atomic mass is 10.1. The molecule has 1 fully saturated rings. The Balaban J connectivity index is 1.68. The largest absolute Gasteiger partial charge is 0.488 e. The van der Waals surface area contributed by atoms with Crippen LogP contribution in [0.5, 0.6) is 5.75 Å². The van der Waals surface area contributed by atoms with E-state index in [1.807, 2.05) is 13.0 Å². The number of nitrogens with zero attached hydrogens (tertiary/aromatic N) is 4. The Morgan fingerprint density at radius 1 is 1.33 bits per heavy atom. The number of hydrogen-bond donors (Lipinski definition) is 1.